The Labute approximate surface area is 122 Å². The summed E-state index contributed by atoms with van der Waals surface area (Å²) in [5.41, 5.74) is 0.762. The average Bonchev–Trinajstić information content (AvgIpc) is 3.06. The molecule has 1 N–H and O–H groups in total. The summed E-state index contributed by atoms with van der Waals surface area (Å²) in [6.45, 7) is 3.70. The topological polar surface area (TPSA) is 81.2 Å². The largest absolute Gasteiger partial charge is 0.466 e. The van der Waals surface area contributed by atoms with Crippen molar-refractivity contribution in [3.63, 3.8) is 0 Å². The predicted octanol–water partition coefficient (Wildman–Crippen LogP) is 3.47. The van der Waals surface area contributed by atoms with Crippen LogP contribution in [0.5, 0.6) is 0 Å². The monoisotopic (exact) mass is 289 g/mol. The van der Waals surface area contributed by atoms with E-state index in [0.29, 0.717) is 5.89 Å². The molecule has 3 rings (SSSR count). The molecule has 2 aromatic rings. The number of nitrogens with zero attached hydrogens (tertiary/aromatic N) is 2. The van der Waals surface area contributed by atoms with E-state index in [-0.39, 0.29) is 17.8 Å². The Morgan fingerprint density at radius 3 is 2.62 bits per heavy atom. The van der Waals surface area contributed by atoms with E-state index in [4.69, 9.17) is 8.83 Å². The highest BCUT2D eigenvalue weighted by Crippen LogP contribution is 2.28. The van der Waals surface area contributed by atoms with E-state index in [1.54, 1.807) is 0 Å². The highest BCUT2D eigenvalue weighted by Gasteiger charge is 2.23. The second-order valence-electron chi connectivity index (χ2n) is 5.56. The maximum absolute atomic E-state index is 12.1. The molecule has 2 heterocycles. The van der Waals surface area contributed by atoms with Crippen molar-refractivity contribution in [2.75, 3.05) is 5.32 Å². The lowest BCUT2D eigenvalue weighted by atomic mass is 9.89. The summed E-state index contributed by atoms with van der Waals surface area (Å²) in [4.78, 5) is 12.1. The highest BCUT2D eigenvalue weighted by atomic mass is 16.4. The second-order valence-corrected chi connectivity index (χ2v) is 5.56. The molecule has 0 saturated heterocycles. The van der Waals surface area contributed by atoms with Gasteiger partial charge in [0.1, 0.15) is 11.5 Å². The number of furan rings is 1. The quantitative estimate of drug-likeness (QED) is 0.935. The number of carbonyl (C=O) groups excluding carboxylic acids is 1. The summed E-state index contributed by atoms with van der Waals surface area (Å²) < 4.78 is 11.0. The first-order valence-corrected chi connectivity index (χ1v) is 7.35. The van der Waals surface area contributed by atoms with Crippen LogP contribution in [0.3, 0.4) is 0 Å². The fourth-order valence-electron chi connectivity index (χ4n) is 2.80. The number of anilines is 1. The van der Waals surface area contributed by atoms with Crippen LogP contribution in [0.15, 0.2) is 14.9 Å². The predicted molar refractivity (Wildman–Crippen MR) is 76.7 cm³/mol. The molecule has 1 aliphatic carbocycles. The van der Waals surface area contributed by atoms with Crippen molar-refractivity contribution in [3.05, 3.63) is 17.6 Å². The van der Waals surface area contributed by atoms with Gasteiger partial charge in [0, 0.05) is 5.92 Å². The summed E-state index contributed by atoms with van der Waals surface area (Å²) in [6, 6.07) is 1.99. The number of hydrogen-bond acceptors (Lipinski definition) is 5. The maximum Gasteiger partial charge on any atom is 0.322 e. The molecule has 1 saturated carbocycles. The molecule has 0 radical (unpaired) electrons. The highest BCUT2D eigenvalue weighted by molar-refractivity contribution is 5.90. The lowest BCUT2D eigenvalue weighted by Gasteiger charge is -2.19. The number of amides is 1. The summed E-state index contributed by atoms with van der Waals surface area (Å²) in [5.74, 6) is 1.91. The average molecular weight is 289 g/mol. The van der Waals surface area contributed by atoms with Crippen molar-refractivity contribution < 1.29 is 13.6 Å². The minimum atomic E-state index is -0.0232. The first-order valence-electron chi connectivity index (χ1n) is 7.35. The van der Waals surface area contributed by atoms with Crippen molar-refractivity contribution in [1.29, 1.82) is 0 Å². The molecular formula is C15H19N3O3. The zero-order chi connectivity index (χ0) is 14.8. The van der Waals surface area contributed by atoms with Crippen LogP contribution in [0.4, 0.5) is 6.01 Å². The Hall–Kier alpha value is -2.11. The minimum absolute atomic E-state index is 0.0232. The molecule has 1 aliphatic rings. The molecule has 21 heavy (non-hydrogen) atoms. The Morgan fingerprint density at radius 1 is 1.19 bits per heavy atom. The van der Waals surface area contributed by atoms with Crippen LogP contribution in [0.1, 0.15) is 43.6 Å². The Kier molecular flexibility index (Phi) is 3.77. The fraction of sp³-hybridized carbons (Fsp3) is 0.533. The first-order chi connectivity index (χ1) is 10.1. The van der Waals surface area contributed by atoms with Crippen LogP contribution in [-0.2, 0) is 4.79 Å². The van der Waals surface area contributed by atoms with E-state index < -0.39 is 0 Å². The molecule has 1 amide bonds. The number of aromatic nitrogens is 2. The number of rotatable bonds is 3. The van der Waals surface area contributed by atoms with Crippen molar-refractivity contribution in [3.8, 4) is 11.5 Å². The van der Waals surface area contributed by atoms with E-state index >= 15 is 0 Å². The molecule has 1 fully saturated rings. The van der Waals surface area contributed by atoms with Gasteiger partial charge in [-0.05, 0) is 32.8 Å². The van der Waals surface area contributed by atoms with Crippen LogP contribution >= 0.6 is 0 Å². The van der Waals surface area contributed by atoms with E-state index in [0.717, 1.165) is 42.8 Å². The first kappa shape index (κ1) is 13.9. The van der Waals surface area contributed by atoms with Gasteiger partial charge in [-0.25, -0.2) is 0 Å². The van der Waals surface area contributed by atoms with E-state index in [1.807, 2.05) is 19.9 Å². The third-order valence-electron chi connectivity index (χ3n) is 3.90. The SMILES string of the molecule is Cc1cc(-c2nnc(NC(=O)C3CCCCC3)o2)c(C)o1. The van der Waals surface area contributed by atoms with Crippen molar-refractivity contribution >= 4 is 11.9 Å². The van der Waals surface area contributed by atoms with Crippen LogP contribution in [-0.4, -0.2) is 16.1 Å². The summed E-state index contributed by atoms with van der Waals surface area (Å²) in [5, 5.41) is 10.6. The number of hydrogen-bond donors (Lipinski definition) is 1. The second kappa shape index (κ2) is 5.71. The molecule has 0 bridgehead atoms. The molecule has 2 aromatic heterocycles. The smallest absolute Gasteiger partial charge is 0.322 e. The Morgan fingerprint density at radius 2 is 1.95 bits per heavy atom. The van der Waals surface area contributed by atoms with Gasteiger partial charge in [-0.15, -0.1) is 5.10 Å². The molecule has 6 heteroatoms. The van der Waals surface area contributed by atoms with Gasteiger partial charge in [0.2, 0.25) is 5.91 Å². The van der Waals surface area contributed by atoms with Gasteiger partial charge >= 0.3 is 6.01 Å². The summed E-state index contributed by atoms with van der Waals surface area (Å²) in [7, 11) is 0. The lowest BCUT2D eigenvalue weighted by Crippen LogP contribution is -2.24. The Bertz CT molecular complexity index is 638. The third kappa shape index (κ3) is 2.99. The van der Waals surface area contributed by atoms with Crippen LogP contribution < -0.4 is 5.32 Å². The maximum atomic E-state index is 12.1. The molecule has 112 valence electrons. The van der Waals surface area contributed by atoms with E-state index in [2.05, 4.69) is 15.5 Å². The van der Waals surface area contributed by atoms with Crippen molar-refractivity contribution in [2.24, 2.45) is 5.92 Å². The molecule has 0 aromatic carbocycles. The van der Waals surface area contributed by atoms with Gasteiger partial charge in [-0.2, -0.15) is 0 Å². The van der Waals surface area contributed by atoms with Crippen LogP contribution in [0.25, 0.3) is 11.5 Å². The van der Waals surface area contributed by atoms with E-state index in [1.165, 1.54) is 6.42 Å². The zero-order valence-corrected chi connectivity index (χ0v) is 12.3. The lowest BCUT2D eigenvalue weighted by molar-refractivity contribution is -0.120. The molecule has 0 spiro atoms. The molecule has 0 aliphatic heterocycles. The number of nitrogens with one attached hydrogen (secondary N) is 1. The van der Waals surface area contributed by atoms with Gasteiger partial charge in [-0.3, -0.25) is 10.1 Å². The van der Waals surface area contributed by atoms with Gasteiger partial charge in [0.25, 0.3) is 5.89 Å². The Balaban J connectivity index is 1.70. The van der Waals surface area contributed by atoms with Gasteiger partial charge in [0.05, 0.1) is 5.56 Å². The standard InChI is InChI=1S/C15H19N3O3/c1-9-8-12(10(2)20-9)14-17-18-15(21-14)16-13(19)11-6-4-3-5-7-11/h8,11H,3-7H2,1-2H3,(H,16,18,19). The van der Waals surface area contributed by atoms with Crippen molar-refractivity contribution in [1.82, 2.24) is 10.2 Å². The molecule has 6 nitrogen and oxygen atoms in total. The zero-order valence-electron chi connectivity index (χ0n) is 12.3. The molecule has 0 unspecified atom stereocenters. The molecule has 0 atom stereocenters. The van der Waals surface area contributed by atoms with E-state index in [9.17, 15) is 4.79 Å². The third-order valence-corrected chi connectivity index (χ3v) is 3.90. The van der Waals surface area contributed by atoms with Crippen LogP contribution in [0, 0.1) is 19.8 Å². The van der Waals surface area contributed by atoms with Gasteiger partial charge in [-0.1, -0.05) is 24.4 Å². The van der Waals surface area contributed by atoms with Gasteiger partial charge < -0.3 is 8.83 Å². The number of carbonyl (C=O) groups is 1. The van der Waals surface area contributed by atoms with Crippen LogP contribution in [0.2, 0.25) is 0 Å². The number of aryl methyl sites for hydroxylation is 2. The van der Waals surface area contributed by atoms with Gasteiger partial charge in [0.15, 0.2) is 0 Å². The van der Waals surface area contributed by atoms with Crippen molar-refractivity contribution in [2.45, 2.75) is 46.0 Å². The minimum Gasteiger partial charge on any atom is -0.466 e. The fourth-order valence-corrected chi connectivity index (χ4v) is 2.80. The molecular weight excluding hydrogens is 270 g/mol. The normalized spacial score (nSPS) is 16.1. The summed E-state index contributed by atoms with van der Waals surface area (Å²) in [6.07, 6.45) is 5.31. The summed E-state index contributed by atoms with van der Waals surface area (Å²) >= 11 is 0.